The van der Waals surface area contributed by atoms with Crippen molar-refractivity contribution in [3.63, 3.8) is 0 Å². The number of anilines is 1. The van der Waals surface area contributed by atoms with Gasteiger partial charge in [0.05, 0.1) is 12.1 Å². The number of carbonyl (C=O) groups is 1. The maximum Gasteiger partial charge on any atom is 0.240 e. The van der Waals surface area contributed by atoms with E-state index in [0.717, 1.165) is 48.8 Å². The molecule has 1 aliphatic rings. The number of para-hydroxylation sites is 1. The van der Waals surface area contributed by atoms with Crippen LogP contribution in [0.2, 0.25) is 0 Å². The Morgan fingerprint density at radius 2 is 1.73 bits per heavy atom. The summed E-state index contributed by atoms with van der Waals surface area (Å²) in [6, 6.07) is 7.43. The summed E-state index contributed by atoms with van der Waals surface area (Å²) in [6.45, 7) is 14.6. The molecule has 1 fully saturated rings. The second-order valence-electron chi connectivity index (χ2n) is 9.07. The second-order valence-corrected chi connectivity index (χ2v) is 9.07. The standard InChI is InChI=1S/C23H36N6O/c1-16(2)9-10-28-11-13-29(14-12-28)15-20-25-19-8-6-5-7-18(19)23(26-20)27-21(17(3)4)22(24)30/h5-8,16-17,21H,9-15H2,1-4H3,(H2,24,30)(H,25,26,27)/t21-/m0/s1. The number of fused-ring (bicyclic) bond motifs is 1. The van der Waals surface area contributed by atoms with Crippen molar-refractivity contribution in [2.75, 3.05) is 38.0 Å². The third-order valence-electron chi connectivity index (χ3n) is 5.77. The van der Waals surface area contributed by atoms with Crippen LogP contribution in [0.25, 0.3) is 10.9 Å². The summed E-state index contributed by atoms with van der Waals surface area (Å²) >= 11 is 0. The summed E-state index contributed by atoms with van der Waals surface area (Å²) in [5.74, 6) is 1.91. The van der Waals surface area contributed by atoms with Crippen LogP contribution in [0, 0.1) is 11.8 Å². The maximum atomic E-state index is 11.9. The molecule has 0 saturated carbocycles. The number of amides is 1. The maximum absolute atomic E-state index is 11.9. The molecule has 3 rings (SSSR count). The highest BCUT2D eigenvalue weighted by Crippen LogP contribution is 2.23. The quantitative estimate of drug-likeness (QED) is 0.658. The van der Waals surface area contributed by atoms with E-state index in [0.29, 0.717) is 12.4 Å². The van der Waals surface area contributed by atoms with Crippen LogP contribution in [0.4, 0.5) is 5.82 Å². The summed E-state index contributed by atoms with van der Waals surface area (Å²) in [5, 5.41) is 4.19. The van der Waals surface area contributed by atoms with Crippen molar-refractivity contribution < 1.29 is 4.79 Å². The Labute approximate surface area is 180 Å². The molecule has 2 aromatic rings. The molecule has 7 heteroatoms. The minimum Gasteiger partial charge on any atom is -0.368 e. The summed E-state index contributed by atoms with van der Waals surface area (Å²) < 4.78 is 0. The third kappa shape index (κ3) is 5.89. The minimum absolute atomic E-state index is 0.0681. The van der Waals surface area contributed by atoms with Crippen LogP contribution in [0.5, 0.6) is 0 Å². The average Bonchev–Trinajstić information content (AvgIpc) is 2.70. The van der Waals surface area contributed by atoms with E-state index in [2.05, 4.69) is 29.0 Å². The van der Waals surface area contributed by atoms with Crippen molar-refractivity contribution >= 4 is 22.6 Å². The van der Waals surface area contributed by atoms with Crippen LogP contribution >= 0.6 is 0 Å². The highest BCUT2D eigenvalue weighted by atomic mass is 16.1. The van der Waals surface area contributed by atoms with Gasteiger partial charge in [-0.2, -0.15) is 0 Å². The van der Waals surface area contributed by atoms with Crippen LogP contribution in [-0.4, -0.2) is 64.4 Å². The molecule has 30 heavy (non-hydrogen) atoms. The Morgan fingerprint density at radius 1 is 1.07 bits per heavy atom. The molecule has 2 heterocycles. The number of nitrogens with one attached hydrogen (secondary N) is 1. The van der Waals surface area contributed by atoms with Crippen LogP contribution in [0.1, 0.15) is 39.9 Å². The van der Waals surface area contributed by atoms with Gasteiger partial charge in [-0.3, -0.25) is 9.69 Å². The lowest BCUT2D eigenvalue weighted by Crippen LogP contribution is -2.46. The number of nitrogens with zero attached hydrogens (tertiary/aromatic N) is 4. The van der Waals surface area contributed by atoms with Gasteiger partial charge >= 0.3 is 0 Å². The van der Waals surface area contributed by atoms with Gasteiger partial charge < -0.3 is 16.0 Å². The van der Waals surface area contributed by atoms with Gasteiger partial charge in [-0.1, -0.05) is 39.8 Å². The highest BCUT2D eigenvalue weighted by Gasteiger charge is 2.22. The fraction of sp³-hybridized carbons (Fsp3) is 0.609. The SMILES string of the molecule is CC(C)CCN1CCN(Cc2nc(N[C@H](C(N)=O)C(C)C)c3ccccc3n2)CC1. The molecule has 3 N–H and O–H groups in total. The Bertz CT molecular complexity index is 845. The zero-order chi connectivity index (χ0) is 21.7. The van der Waals surface area contributed by atoms with E-state index >= 15 is 0 Å². The van der Waals surface area contributed by atoms with Gasteiger partial charge in [-0.15, -0.1) is 0 Å². The number of benzene rings is 1. The fourth-order valence-corrected chi connectivity index (χ4v) is 3.83. The van der Waals surface area contributed by atoms with E-state index in [1.165, 1.54) is 13.0 Å². The van der Waals surface area contributed by atoms with Crippen LogP contribution in [0.3, 0.4) is 0 Å². The Morgan fingerprint density at radius 3 is 2.37 bits per heavy atom. The monoisotopic (exact) mass is 412 g/mol. The zero-order valence-electron chi connectivity index (χ0n) is 18.8. The topological polar surface area (TPSA) is 87.4 Å². The molecule has 1 aromatic heterocycles. The molecule has 1 aliphatic heterocycles. The molecular weight excluding hydrogens is 376 g/mol. The molecule has 1 saturated heterocycles. The van der Waals surface area contributed by atoms with E-state index in [1.54, 1.807) is 0 Å². The van der Waals surface area contributed by atoms with E-state index in [4.69, 9.17) is 15.7 Å². The van der Waals surface area contributed by atoms with Gasteiger partial charge in [0.1, 0.15) is 17.7 Å². The number of piperazine rings is 1. The lowest BCUT2D eigenvalue weighted by molar-refractivity contribution is -0.119. The molecule has 0 aliphatic carbocycles. The number of carbonyl (C=O) groups excluding carboxylic acids is 1. The van der Waals surface area contributed by atoms with Crippen LogP contribution in [-0.2, 0) is 11.3 Å². The number of rotatable bonds is 9. The van der Waals surface area contributed by atoms with Crippen molar-refractivity contribution in [3.8, 4) is 0 Å². The minimum atomic E-state index is -0.472. The number of nitrogens with two attached hydrogens (primary N) is 1. The molecule has 164 valence electrons. The smallest absolute Gasteiger partial charge is 0.240 e. The van der Waals surface area contributed by atoms with E-state index in [1.807, 2.05) is 38.1 Å². The third-order valence-corrected chi connectivity index (χ3v) is 5.77. The van der Waals surface area contributed by atoms with E-state index < -0.39 is 6.04 Å². The highest BCUT2D eigenvalue weighted by molar-refractivity contribution is 5.91. The molecule has 0 radical (unpaired) electrons. The largest absolute Gasteiger partial charge is 0.368 e. The van der Waals surface area contributed by atoms with Gasteiger partial charge in [0.2, 0.25) is 5.91 Å². The normalized spacial score (nSPS) is 17.0. The Kier molecular flexibility index (Phi) is 7.61. The Hall–Kier alpha value is -2.25. The van der Waals surface area contributed by atoms with Crippen LogP contribution in [0.15, 0.2) is 24.3 Å². The summed E-state index contributed by atoms with van der Waals surface area (Å²) in [7, 11) is 0. The number of hydrogen-bond acceptors (Lipinski definition) is 6. The van der Waals surface area contributed by atoms with Gasteiger partial charge in [0.25, 0.3) is 0 Å². The Balaban J connectivity index is 1.73. The first-order valence-electron chi connectivity index (χ1n) is 11.1. The lowest BCUT2D eigenvalue weighted by Gasteiger charge is -2.34. The number of hydrogen-bond donors (Lipinski definition) is 2. The first kappa shape index (κ1) is 22.4. The fourth-order valence-electron chi connectivity index (χ4n) is 3.83. The molecule has 7 nitrogen and oxygen atoms in total. The first-order valence-corrected chi connectivity index (χ1v) is 11.1. The molecule has 1 atom stereocenters. The second kappa shape index (κ2) is 10.2. The zero-order valence-corrected chi connectivity index (χ0v) is 18.8. The molecule has 0 unspecified atom stereocenters. The van der Waals surface area contributed by atoms with Crippen molar-refractivity contribution in [1.29, 1.82) is 0 Å². The number of aromatic nitrogens is 2. The van der Waals surface area contributed by atoms with E-state index in [-0.39, 0.29) is 11.8 Å². The average molecular weight is 413 g/mol. The summed E-state index contributed by atoms with van der Waals surface area (Å²) in [5.41, 5.74) is 6.50. The van der Waals surface area contributed by atoms with Crippen molar-refractivity contribution in [1.82, 2.24) is 19.8 Å². The van der Waals surface area contributed by atoms with Gasteiger partial charge in [-0.05, 0) is 36.9 Å². The van der Waals surface area contributed by atoms with Crippen molar-refractivity contribution in [2.45, 2.75) is 46.7 Å². The van der Waals surface area contributed by atoms with Crippen molar-refractivity contribution in [2.24, 2.45) is 17.6 Å². The number of primary amides is 1. The van der Waals surface area contributed by atoms with E-state index in [9.17, 15) is 4.79 Å². The lowest BCUT2D eigenvalue weighted by atomic mass is 10.0. The van der Waals surface area contributed by atoms with Gasteiger partial charge in [0.15, 0.2) is 0 Å². The summed E-state index contributed by atoms with van der Waals surface area (Å²) in [4.78, 5) is 26.4. The first-order chi connectivity index (χ1) is 14.3. The molecule has 1 amide bonds. The van der Waals surface area contributed by atoms with Crippen LogP contribution < -0.4 is 11.1 Å². The van der Waals surface area contributed by atoms with Gasteiger partial charge in [-0.25, -0.2) is 9.97 Å². The molecule has 0 bridgehead atoms. The van der Waals surface area contributed by atoms with Gasteiger partial charge in [0, 0.05) is 31.6 Å². The van der Waals surface area contributed by atoms with Crippen molar-refractivity contribution in [3.05, 3.63) is 30.1 Å². The predicted molar refractivity (Wildman–Crippen MR) is 122 cm³/mol. The summed E-state index contributed by atoms with van der Waals surface area (Å²) in [6.07, 6.45) is 1.25. The molecule has 1 aromatic carbocycles. The molecule has 0 spiro atoms. The predicted octanol–water partition coefficient (Wildman–Crippen LogP) is 2.72. The molecular formula is C23H36N6O.